The van der Waals surface area contributed by atoms with Crippen molar-refractivity contribution in [3.63, 3.8) is 0 Å². The van der Waals surface area contributed by atoms with Crippen LogP contribution in [0, 0.1) is 0 Å². The second-order valence-electron chi connectivity index (χ2n) is 5.41. The average Bonchev–Trinajstić information content (AvgIpc) is 2.88. The number of unbranched alkanes of at least 4 members (excludes halogenated alkanes) is 2. The lowest BCUT2D eigenvalue weighted by atomic mass is 10.2. The Hall–Kier alpha value is -0.120. The van der Waals surface area contributed by atoms with Crippen molar-refractivity contribution < 1.29 is 4.74 Å². The van der Waals surface area contributed by atoms with Crippen molar-refractivity contribution in [1.29, 1.82) is 0 Å². The van der Waals surface area contributed by atoms with Crippen LogP contribution in [-0.4, -0.2) is 50.3 Å². The molecule has 0 saturated carbocycles. The van der Waals surface area contributed by atoms with E-state index in [1.807, 2.05) is 0 Å². The first-order valence-corrected chi connectivity index (χ1v) is 7.90. The molecule has 0 aromatic carbocycles. The van der Waals surface area contributed by atoms with E-state index in [9.17, 15) is 0 Å². The minimum Gasteiger partial charge on any atom is -0.380 e. The van der Waals surface area contributed by atoms with E-state index in [0.29, 0.717) is 0 Å². The van der Waals surface area contributed by atoms with Gasteiger partial charge in [-0.25, -0.2) is 0 Å². The van der Waals surface area contributed by atoms with E-state index in [2.05, 4.69) is 24.1 Å². The minimum atomic E-state index is 0.720. The number of ether oxygens (including phenoxy) is 1. The molecule has 3 heteroatoms. The first kappa shape index (κ1) is 15.9. The van der Waals surface area contributed by atoms with Crippen LogP contribution < -0.4 is 5.32 Å². The molecule has 108 valence electrons. The second kappa shape index (κ2) is 10.8. The maximum Gasteiger partial charge on any atom is 0.0593 e. The summed E-state index contributed by atoms with van der Waals surface area (Å²) in [5.74, 6) is 0. The van der Waals surface area contributed by atoms with Gasteiger partial charge < -0.3 is 10.1 Å². The van der Waals surface area contributed by atoms with Gasteiger partial charge in [-0.2, -0.15) is 0 Å². The normalized spacial score (nSPS) is 19.8. The van der Waals surface area contributed by atoms with Crippen LogP contribution in [0.1, 0.15) is 52.4 Å². The molecule has 0 bridgehead atoms. The molecule has 0 aromatic heterocycles. The molecule has 1 rings (SSSR count). The van der Waals surface area contributed by atoms with Crippen molar-refractivity contribution >= 4 is 0 Å². The number of rotatable bonds is 11. The number of nitrogens with zero attached hydrogens (tertiary/aromatic N) is 1. The Kier molecular flexibility index (Phi) is 9.54. The van der Waals surface area contributed by atoms with E-state index in [1.54, 1.807) is 0 Å². The highest BCUT2D eigenvalue weighted by Crippen LogP contribution is 2.07. The molecular weight excluding hydrogens is 224 g/mol. The van der Waals surface area contributed by atoms with Crippen LogP contribution in [0.25, 0.3) is 0 Å². The van der Waals surface area contributed by atoms with E-state index < -0.39 is 0 Å². The van der Waals surface area contributed by atoms with Crippen molar-refractivity contribution in [2.45, 2.75) is 58.4 Å². The monoisotopic (exact) mass is 256 g/mol. The zero-order chi connectivity index (χ0) is 13.1. The van der Waals surface area contributed by atoms with Gasteiger partial charge in [-0.05, 0) is 38.8 Å². The van der Waals surface area contributed by atoms with Gasteiger partial charge in [0.05, 0.1) is 6.61 Å². The Labute approximate surface area is 113 Å². The zero-order valence-corrected chi connectivity index (χ0v) is 12.4. The van der Waals surface area contributed by atoms with Crippen LogP contribution in [0.2, 0.25) is 0 Å². The summed E-state index contributed by atoms with van der Waals surface area (Å²) in [4.78, 5) is 2.58. The predicted octanol–water partition coefficient (Wildman–Crippen LogP) is 2.66. The van der Waals surface area contributed by atoms with Gasteiger partial charge in [-0.15, -0.1) is 0 Å². The van der Waals surface area contributed by atoms with Crippen molar-refractivity contribution in [2.75, 3.05) is 39.4 Å². The van der Waals surface area contributed by atoms with Crippen molar-refractivity contribution in [1.82, 2.24) is 10.2 Å². The summed E-state index contributed by atoms with van der Waals surface area (Å²) in [6, 6.07) is 0.720. The molecule has 1 heterocycles. The van der Waals surface area contributed by atoms with Gasteiger partial charge in [0, 0.05) is 25.7 Å². The van der Waals surface area contributed by atoms with Crippen LogP contribution in [0.3, 0.4) is 0 Å². The first-order chi connectivity index (χ1) is 8.86. The summed E-state index contributed by atoms with van der Waals surface area (Å²) in [6.45, 7) is 11.0. The first-order valence-electron chi connectivity index (χ1n) is 7.90. The van der Waals surface area contributed by atoms with Crippen LogP contribution in [0.4, 0.5) is 0 Å². The molecule has 1 saturated heterocycles. The molecule has 1 aliphatic heterocycles. The number of hydrogen-bond donors (Lipinski definition) is 1. The van der Waals surface area contributed by atoms with E-state index >= 15 is 0 Å². The van der Waals surface area contributed by atoms with Crippen molar-refractivity contribution in [2.24, 2.45) is 0 Å². The third-order valence-electron chi connectivity index (χ3n) is 3.66. The van der Waals surface area contributed by atoms with E-state index in [1.165, 1.54) is 58.2 Å². The molecule has 3 nitrogen and oxygen atoms in total. The fourth-order valence-electron chi connectivity index (χ4n) is 2.44. The predicted molar refractivity (Wildman–Crippen MR) is 78.1 cm³/mol. The topological polar surface area (TPSA) is 24.5 Å². The maximum atomic E-state index is 5.69. The van der Waals surface area contributed by atoms with E-state index in [-0.39, 0.29) is 0 Å². The molecular formula is C15H32N2O. The van der Waals surface area contributed by atoms with E-state index in [4.69, 9.17) is 4.74 Å². The molecule has 0 aromatic rings. The Morgan fingerprint density at radius 2 is 1.94 bits per heavy atom. The molecule has 18 heavy (non-hydrogen) atoms. The summed E-state index contributed by atoms with van der Waals surface area (Å²) in [5, 5.41) is 3.59. The Bertz CT molecular complexity index is 181. The molecule has 0 spiro atoms. The van der Waals surface area contributed by atoms with Gasteiger partial charge in [-0.1, -0.05) is 26.7 Å². The maximum absolute atomic E-state index is 5.69. The summed E-state index contributed by atoms with van der Waals surface area (Å²) in [6.07, 6.45) is 7.70. The summed E-state index contributed by atoms with van der Waals surface area (Å²) < 4.78 is 5.69. The lowest BCUT2D eigenvalue weighted by molar-refractivity contribution is 0.0979. The molecule has 0 aliphatic carbocycles. The lowest BCUT2D eigenvalue weighted by Crippen LogP contribution is -2.39. The van der Waals surface area contributed by atoms with Crippen molar-refractivity contribution in [3.8, 4) is 0 Å². The van der Waals surface area contributed by atoms with Crippen LogP contribution in [-0.2, 0) is 4.74 Å². The van der Waals surface area contributed by atoms with Gasteiger partial charge >= 0.3 is 0 Å². The quantitative estimate of drug-likeness (QED) is 0.575. The Morgan fingerprint density at radius 1 is 1.11 bits per heavy atom. The zero-order valence-electron chi connectivity index (χ0n) is 12.4. The highest BCUT2D eigenvalue weighted by Gasteiger charge is 2.17. The highest BCUT2D eigenvalue weighted by molar-refractivity contribution is 4.77. The van der Waals surface area contributed by atoms with Gasteiger partial charge in [0.1, 0.15) is 0 Å². The minimum absolute atomic E-state index is 0.720. The summed E-state index contributed by atoms with van der Waals surface area (Å²) in [7, 11) is 0. The third kappa shape index (κ3) is 7.34. The van der Waals surface area contributed by atoms with Crippen LogP contribution in [0.5, 0.6) is 0 Å². The Morgan fingerprint density at radius 3 is 2.61 bits per heavy atom. The average molecular weight is 256 g/mol. The van der Waals surface area contributed by atoms with Crippen LogP contribution >= 0.6 is 0 Å². The van der Waals surface area contributed by atoms with Crippen LogP contribution in [0.15, 0.2) is 0 Å². The molecule has 0 radical (unpaired) electrons. The molecule has 1 aliphatic rings. The smallest absolute Gasteiger partial charge is 0.0593 e. The van der Waals surface area contributed by atoms with Gasteiger partial charge in [-0.3, -0.25) is 4.90 Å². The number of nitrogens with one attached hydrogen (secondary N) is 1. The van der Waals surface area contributed by atoms with Gasteiger partial charge in [0.25, 0.3) is 0 Å². The highest BCUT2D eigenvalue weighted by atomic mass is 16.5. The standard InChI is InChI=1S/C15H32N2O/c1-3-5-10-17(11-13-18-12-6-4-2)14-15-8-7-9-16-15/h15-16H,3-14H2,1-2H3. The van der Waals surface area contributed by atoms with Gasteiger partial charge in [0.2, 0.25) is 0 Å². The molecule has 1 N–H and O–H groups in total. The number of hydrogen-bond acceptors (Lipinski definition) is 3. The van der Waals surface area contributed by atoms with E-state index in [0.717, 1.165) is 25.8 Å². The Balaban J connectivity index is 2.13. The molecule has 0 amide bonds. The SMILES string of the molecule is CCCCOCCN(CCCC)CC1CCCN1. The molecule has 1 atom stereocenters. The molecule has 1 unspecified atom stereocenters. The largest absolute Gasteiger partial charge is 0.380 e. The lowest BCUT2D eigenvalue weighted by Gasteiger charge is -2.25. The fourth-order valence-corrected chi connectivity index (χ4v) is 2.44. The molecule has 1 fully saturated rings. The third-order valence-corrected chi connectivity index (χ3v) is 3.66. The summed E-state index contributed by atoms with van der Waals surface area (Å²) >= 11 is 0. The second-order valence-corrected chi connectivity index (χ2v) is 5.41. The van der Waals surface area contributed by atoms with Gasteiger partial charge in [0.15, 0.2) is 0 Å². The van der Waals surface area contributed by atoms with Crippen molar-refractivity contribution in [3.05, 3.63) is 0 Å². The summed E-state index contributed by atoms with van der Waals surface area (Å²) in [5.41, 5.74) is 0. The fraction of sp³-hybridized carbons (Fsp3) is 1.00.